The summed E-state index contributed by atoms with van der Waals surface area (Å²) in [6.07, 6.45) is 2.10. The van der Waals surface area contributed by atoms with Crippen molar-refractivity contribution in [2.24, 2.45) is 16.8 Å². The summed E-state index contributed by atoms with van der Waals surface area (Å²) in [6, 6.07) is 8.49. The minimum absolute atomic E-state index is 0.601. The largest absolute Gasteiger partial charge is 0.241 e. The van der Waals surface area contributed by atoms with Crippen LogP contribution < -0.4 is 0 Å². The second kappa shape index (κ2) is 6.36. The van der Waals surface area contributed by atoms with Gasteiger partial charge in [0.1, 0.15) is 0 Å². The lowest BCUT2D eigenvalue weighted by molar-refractivity contribution is 0.636. The fraction of sp³-hybridized carbons (Fsp3) is 0.533. The van der Waals surface area contributed by atoms with E-state index >= 15 is 0 Å². The Bertz CT molecular complexity index is 413. The third-order valence-corrected chi connectivity index (χ3v) is 2.59. The van der Waals surface area contributed by atoms with E-state index in [4.69, 9.17) is 5.41 Å². The molecule has 0 radical (unpaired) electrons. The van der Waals surface area contributed by atoms with Crippen LogP contribution in [0.2, 0.25) is 0 Å². The van der Waals surface area contributed by atoms with E-state index in [1.54, 1.807) is 0 Å². The monoisotopic (exact) mass is 230 g/mol. The van der Waals surface area contributed by atoms with Gasteiger partial charge in [0, 0.05) is 0 Å². The molecular formula is C15H22N2. The van der Waals surface area contributed by atoms with E-state index in [-0.39, 0.29) is 0 Å². The summed E-state index contributed by atoms with van der Waals surface area (Å²) in [6.45, 7) is 8.86. The van der Waals surface area contributed by atoms with Crippen molar-refractivity contribution in [3.05, 3.63) is 29.3 Å². The van der Waals surface area contributed by atoms with Crippen molar-refractivity contribution in [3.8, 4) is 0 Å². The molecule has 0 spiro atoms. The first-order valence-corrected chi connectivity index (χ1v) is 6.27. The Morgan fingerprint density at radius 3 is 2.29 bits per heavy atom. The molecule has 1 rings (SSSR count). The van der Waals surface area contributed by atoms with Gasteiger partial charge in [0.05, 0.1) is 11.7 Å². The molecule has 0 bridgehead atoms. The molecule has 0 fully saturated rings. The number of nitrogens with zero attached hydrogens (tertiary/aromatic N) is 1. The third-order valence-electron chi connectivity index (χ3n) is 2.59. The van der Waals surface area contributed by atoms with Crippen LogP contribution in [0.25, 0.3) is 0 Å². The van der Waals surface area contributed by atoms with Crippen LogP contribution in [0.4, 0.5) is 5.69 Å². The van der Waals surface area contributed by atoms with Crippen LogP contribution in [0, 0.1) is 17.2 Å². The van der Waals surface area contributed by atoms with Crippen LogP contribution in [0.5, 0.6) is 0 Å². The Morgan fingerprint density at radius 2 is 1.76 bits per heavy atom. The van der Waals surface area contributed by atoms with Gasteiger partial charge in [-0.3, -0.25) is 0 Å². The smallest absolute Gasteiger partial charge is 0.0918 e. The Labute approximate surface area is 104 Å². The third kappa shape index (κ3) is 4.54. The second-order valence-electron chi connectivity index (χ2n) is 5.38. The first-order valence-electron chi connectivity index (χ1n) is 6.27. The predicted molar refractivity (Wildman–Crippen MR) is 73.3 cm³/mol. The van der Waals surface area contributed by atoms with Gasteiger partial charge in [0.15, 0.2) is 0 Å². The first kappa shape index (κ1) is 13.7. The van der Waals surface area contributed by atoms with Crippen molar-refractivity contribution in [3.63, 3.8) is 0 Å². The van der Waals surface area contributed by atoms with Crippen molar-refractivity contribution >= 4 is 11.7 Å². The fourth-order valence-electron chi connectivity index (χ4n) is 2.01. The topological polar surface area (TPSA) is 36.2 Å². The number of nitrogens with one attached hydrogen (secondary N) is 1. The molecule has 1 aromatic rings. The molecule has 1 aromatic carbocycles. The number of benzene rings is 1. The zero-order chi connectivity index (χ0) is 12.8. The Balaban J connectivity index is 3.04. The summed E-state index contributed by atoms with van der Waals surface area (Å²) < 4.78 is 0. The Hall–Kier alpha value is -1.40. The van der Waals surface area contributed by atoms with Gasteiger partial charge >= 0.3 is 0 Å². The molecule has 0 atom stereocenters. The fourth-order valence-corrected chi connectivity index (χ4v) is 2.01. The van der Waals surface area contributed by atoms with E-state index in [0.29, 0.717) is 11.8 Å². The molecule has 0 aliphatic heterocycles. The molecule has 0 saturated carbocycles. The van der Waals surface area contributed by atoms with Gasteiger partial charge in [-0.25, -0.2) is 5.41 Å². The highest BCUT2D eigenvalue weighted by atomic mass is 14.7. The van der Waals surface area contributed by atoms with E-state index < -0.39 is 0 Å². The van der Waals surface area contributed by atoms with Crippen molar-refractivity contribution in [1.82, 2.24) is 0 Å². The zero-order valence-electron chi connectivity index (χ0n) is 11.2. The van der Waals surface area contributed by atoms with E-state index in [9.17, 15) is 0 Å². The minimum Gasteiger partial charge on any atom is -0.241 e. The van der Waals surface area contributed by atoms with Crippen LogP contribution >= 0.6 is 0 Å². The molecule has 0 saturated heterocycles. The maximum atomic E-state index is 6.97. The van der Waals surface area contributed by atoms with Gasteiger partial charge in [0.25, 0.3) is 0 Å². The quantitative estimate of drug-likeness (QED) is 0.725. The molecule has 1 N–H and O–H groups in total. The van der Waals surface area contributed by atoms with Crippen LogP contribution in [-0.4, -0.2) is 6.01 Å². The van der Waals surface area contributed by atoms with Crippen molar-refractivity contribution in [2.75, 3.05) is 0 Å². The average molecular weight is 230 g/mol. The predicted octanol–water partition coefficient (Wildman–Crippen LogP) is 4.47. The van der Waals surface area contributed by atoms with Crippen LogP contribution in [0.3, 0.4) is 0 Å². The van der Waals surface area contributed by atoms with Gasteiger partial charge in [-0.2, -0.15) is 4.99 Å². The number of hydrogen-bond donors (Lipinski definition) is 1. The molecule has 0 amide bonds. The summed E-state index contributed by atoms with van der Waals surface area (Å²) in [5.41, 5.74) is 3.48. The van der Waals surface area contributed by atoms with Crippen molar-refractivity contribution < 1.29 is 0 Å². The maximum absolute atomic E-state index is 6.97. The lowest BCUT2D eigenvalue weighted by Crippen LogP contribution is -1.98. The lowest BCUT2D eigenvalue weighted by atomic mass is 9.96. The van der Waals surface area contributed by atoms with Crippen LogP contribution in [0.15, 0.2) is 23.2 Å². The molecule has 0 aliphatic rings. The van der Waals surface area contributed by atoms with Gasteiger partial charge in [0.2, 0.25) is 0 Å². The summed E-state index contributed by atoms with van der Waals surface area (Å²) in [5.74, 6) is 1.27. The van der Waals surface area contributed by atoms with Gasteiger partial charge < -0.3 is 0 Å². The van der Waals surface area contributed by atoms with E-state index in [2.05, 4.69) is 50.8 Å². The average Bonchev–Trinajstić information content (AvgIpc) is 2.20. The second-order valence-corrected chi connectivity index (χ2v) is 5.38. The van der Waals surface area contributed by atoms with Crippen LogP contribution in [0.1, 0.15) is 38.8 Å². The molecule has 0 aromatic heterocycles. The molecule has 0 aliphatic carbocycles. The SMILES string of the molecule is CC(C)Cc1ccc(N=C=N)c(CC(C)C)c1. The Kier molecular flexibility index (Phi) is 5.11. The van der Waals surface area contributed by atoms with Crippen LogP contribution in [-0.2, 0) is 12.8 Å². The summed E-state index contributed by atoms with van der Waals surface area (Å²) in [7, 11) is 0. The van der Waals surface area contributed by atoms with E-state index in [1.807, 2.05) is 6.07 Å². The zero-order valence-corrected chi connectivity index (χ0v) is 11.2. The molecular weight excluding hydrogens is 208 g/mol. The molecule has 92 valence electrons. The number of aliphatic imine (C=N–C) groups is 1. The maximum Gasteiger partial charge on any atom is 0.0918 e. The molecule has 0 heterocycles. The van der Waals surface area contributed by atoms with Crippen molar-refractivity contribution in [2.45, 2.75) is 40.5 Å². The number of hydrogen-bond acceptors (Lipinski definition) is 2. The highest BCUT2D eigenvalue weighted by molar-refractivity contribution is 5.55. The van der Waals surface area contributed by atoms with Gasteiger partial charge in [-0.05, 0) is 41.9 Å². The normalized spacial score (nSPS) is 10.7. The number of rotatable bonds is 5. The van der Waals surface area contributed by atoms with Gasteiger partial charge in [-0.15, -0.1) is 0 Å². The van der Waals surface area contributed by atoms with E-state index in [1.165, 1.54) is 11.1 Å². The minimum atomic E-state index is 0.601. The first-order chi connectivity index (χ1) is 8.02. The summed E-state index contributed by atoms with van der Waals surface area (Å²) >= 11 is 0. The molecule has 2 heteroatoms. The summed E-state index contributed by atoms with van der Waals surface area (Å²) in [5, 5.41) is 6.97. The van der Waals surface area contributed by atoms with Crippen molar-refractivity contribution in [1.29, 1.82) is 5.41 Å². The molecule has 0 unspecified atom stereocenters. The highest BCUT2D eigenvalue weighted by Gasteiger charge is 2.06. The summed E-state index contributed by atoms with van der Waals surface area (Å²) in [4.78, 5) is 4.00. The molecule has 17 heavy (non-hydrogen) atoms. The standard InChI is InChI=1S/C15H22N2/c1-11(2)7-13-5-6-15(17-10-16)14(9-13)8-12(3)4/h5-6,9,11-12,16H,7-8H2,1-4H3. The van der Waals surface area contributed by atoms with E-state index in [0.717, 1.165) is 18.5 Å². The molecule has 2 nitrogen and oxygen atoms in total. The Morgan fingerprint density at radius 1 is 1.12 bits per heavy atom. The highest BCUT2D eigenvalue weighted by Crippen LogP contribution is 2.24. The van der Waals surface area contributed by atoms with Gasteiger partial charge in [-0.1, -0.05) is 39.8 Å². The lowest BCUT2D eigenvalue weighted by Gasteiger charge is -2.11.